The van der Waals surface area contributed by atoms with Crippen LogP contribution in [0.15, 0.2) is 65.3 Å². The molecule has 28 heavy (non-hydrogen) atoms. The second-order valence-electron chi connectivity index (χ2n) is 6.29. The molecule has 1 amide bonds. The molecule has 0 spiro atoms. The lowest BCUT2D eigenvalue weighted by molar-refractivity contribution is -0.122. The van der Waals surface area contributed by atoms with Crippen molar-refractivity contribution in [3.8, 4) is 11.5 Å². The lowest BCUT2D eigenvalue weighted by Crippen LogP contribution is -2.30. The number of nitrogens with one attached hydrogen (secondary N) is 1. The van der Waals surface area contributed by atoms with Gasteiger partial charge in [0.05, 0.1) is 26.4 Å². The first-order valence-electron chi connectivity index (χ1n) is 8.87. The summed E-state index contributed by atoms with van der Waals surface area (Å²) in [5, 5.41) is 2.94. The predicted octanol–water partition coefficient (Wildman–Crippen LogP) is 4.08. The molecule has 1 heterocycles. The second kappa shape index (κ2) is 9.08. The number of methoxy groups -OCH3 is 2. The fourth-order valence-electron chi connectivity index (χ4n) is 2.99. The van der Waals surface area contributed by atoms with Gasteiger partial charge in [0.1, 0.15) is 11.6 Å². The summed E-state index contributed by atoms with van der Waals surface area (Å²) in [5.41, 5.74) is 1.60. The number of halogens is 1. The average Bonchev–Trinajstić information content (AvgIpc) is 3.24. The summed E-state index contributed by atoms with van der Waals surface area (Å²) in [6.45, 7) is 0.328. The van der Waals surface area contributed by atoms with Gasteiger partial charge in [-0.3, -0.25) is 4.79 Å². The van der Waals surface area contributed by atoms with E-state index in [0.29, 0.717) is 30.2 Å². The maximum atomic E-state index is 13.3. The van der Waals surface area contributed by atoms with Gasteiger partial charge in [-0.15, -0.1) is 0 Å². The van der Waals surface area contributed by atoms with Crippen molar-refractivity contribution in [1.29, 1.82) is 0 Å². The summed E-state index contributed by atoms with van der Waals surface area (Å²) < 4.78 is 29.2. The number of hydrogen-bond acceptors (Lipinski definition) is 4. The van der Waals surface area contributed by atoms with Crippen LogP contribution < -0.4 is 14.8 Å². The van der Waals surface area contributed by atoms with Crippen molar-refractivity contribution in [2.75, 3.05) is 14.2 Å². The van der Waals surface area contributed by atoms with Gasteiger partial charge in [-0.05, 0) is 47.5 Å². The normalized spacial score (nSPS) is 11.7. The largest absolute Gasteiger partial charge is 0.493 e. The van der Waals surface area contributed by atoms with Crippen molar-refractivity contribution in [2.45, 2.75) is 18.9 Å². The van der Waals surface area contributed by atoms with Crippen molar-refractivity contribution in [3.63, 3.8) is 0 Å². The van der Waals surface area contributed by atoms with Crippen LogP contribution in [-0.4, -0.2) is 20.1 Å². The highest BCUT2D eigenvalue weighted by Gasteiger charge is 2.22. The van der Waals surface area contributed by atoms with Crippen LogP contribution in [0.25, 0.3) is 0 Å². The highest BCUT2D eigenvalue weighted by molar-refractivity contribution is 5.83. The monoisotopic (exact) mass is 383 g/mol. The maximum absolute atomic E-state index is 13.3. The first-order valence-corrected chi connectivity index (χ1v) is 8.87. The third-order valence-corrected chi connectivity index (χ3v) is 4.49. The molecule has 0 saturated carbocycles. The van der Waals surface area contributed by atoms with E-state index in [9.17, 15) is 9.18 Å². The van der Waals surface area contributed by atoms with Crippen LogP contribution in [0.1, 0.15) is 22.8 Å². The molecule has 0 bridgehead atoms. The molecular weight excluding hydrogens is 361 g/mol. The summed E-state index contributed by atoms with van der Waals surface area (Å²) in [6.07, 6.45) is 1.95. The minimum atomic E-state index is -0.494. The van der Waals surface area contributed by atoms with E-state index >= 15 is 0 Å². The van der Waals surface area contributed by atoms with Crippen LogP contribution in [0.4, 0.5) is 4.39 Å². The summed E-state index contributed by atoms with van der Waals surface area (Å²) in [4.78, 5) is 12.9. The van der Waals surface area contributed by atoms with Crippen molar-refractivity contribution in [3.05, 3.63) is 83.6 Å². The van der Waals surface area contributed by atoms with E-state index in [0.717, 1.165) is 11.1 Å². The Balaban J connectivity index is 1.74. The van der Waals surface area contributed by atoms with E-state index in [4.69, 9.17) is 13.9 Å². The molecule has 1 atom stereocenters. The number of carbonyl (C=O) groups is 1. The first-order chi connectivity index (χ1) is 13.6. The average molecular weight is 383 g/mol. The topological polar surface area (TPSA) is 60.7 Å². The molecule has 5 nitrogen and oxygen atoms in total. The van der Waals surface area contributed by atoms with Crippen LogP contribution >= 0.6 is 0 Å². The van der Waals surface area contributed by atoms with Crippen molar-refractivity contribution in [1.82, 2.24) is 5.32 Å². The summed E-state index contributed by atoms with van der Waals surface area (Å²) in [5.74, 6) is 0.908. The molecule has 0 aliphatic heterocycles. The van der Waals surface area contributed by atoms with E-state index in [2.05, 4.69) is 5.32 Å². The first kappa shape index (κ1) is 19.5. The van der Waals surface area contributed by atoms with E-state index < -0.39 is 5.92 Å². The van der Waals surface area contributed by atoms with Crippen molar-refractivity contribution >= 4 is 5.91 Å². The number of amides is 1. The molecule has 0 saturated heterocycles. The van der Waals surface area contributed by atoms with Gasteiger partial charge in [-0.1, -0.05) is 18.2 Å². The van der Waals surface area contributed by atoms with Gasteiger partial charge in [0.25, 0.3) is 0 Å². The zero-order chi connectivity index (χ0) is 19.9. The van der Waals surface area contributed by atoms with Gasteiger partial charge in [0.2, 0.25) is 5.91 Å². The summed E-state index contributed by atoms with van der Waals surface area (Å²) in [6, 6.07) is 15.0. The molecule has 0 fully saturated rings. The Morgan fingerprint density at radius 2 is 1.82 bits per heavy atom. The van der Waals surface area contributed by atoms with Gasteiger partial charge in [0, 0.05) is 13.0 Å². The van der Waals surface area contributed by atoms with Crippen LogP contribution in [-0.2, 0) is 17.8 Å². The van der Waals surface area contributed by atoms with Crippen LogP contribution in [0.3, 0.4) is 0 Å². The Kier molecular flexibility index (Phi) is 6.32. The number of furan rings is 1. The SMILES string of the molecule is COc1ccc(CNC(=O)C(Cc2ccco2)c2ccc(F)cc2)cc1OC. The Morgan fingerprint density at radius 3 is 2.46 bits per heavy atom. The predicted molar refractivity (Wildman–Crippen MR) is 103 cm³/mol. The fourth-order valence-corrected chi connectivity index (χ4v) is 2.99. The van der Waals surface area contributed by atoms with Crippen molar-refractivity contribution < 1.29 is 23.1 Å². The van der Waals surface area contributed by atoms with E-state index in [1.807, 2.05) is 18.2 Å². The molecule has 1 unspecified atom stereocenters. The lowest BCUT2D eigenvalue weighted by atomic mass is 9.93. The number of rotatable bonds is 8. The third-order valence-electron chi connectivity index (χ3n) is 4.49. The minimum absolute atomic E-state index is 0.169. The van der Waals surface area contributed by atoms with Gasteiger partial charge in [-0.25, -0.2) is 4.39 Å². The Hall–Kier alpha value is -3.28. The van der Waals surface area contributed by atoms with Crippen LogP contribution in [0, 0.1) is 5.82 Å². The van der Waals surface area contributed by atoms with E-state index in [1.54, 1.807) is 44.7 Å². The molecule has 1 aromatic heterocycles. The molecular formula is C22H22FNO4. The molecule has 6 heteroatoms. The summed E-state index contributed by atoms with van der Waals surface area (Å²) >= 11 is 0. The highest BCUT2D eigenvalue weighted by Crippen LogP contribution is 2.28. The molecule has 1 N–H and O–H groups in total. The molecule has 0 radical (unpaired) electrons. The molecule has 146 valence electrons. The third kappa shape index (κ3) is 4.71. The Bertz CT molecular complexity index is 907. The Morgan fingerprint density at radius 1 is 1.07 bits per heavy atom. The summed E-state index contributed by atoms with van der Waals surface area (Å²) in [7, 11) is 3.13. The van der Waals surface area contributed by atoms with Gasteiger partial charge in [0.15, 0.2) is 11.5 Å². The van der Waals surface area contributed by atoms with Gasteiger partial charge >= 0.3 is 0 Å². The fraction of sp³-hybridized carbons (Fsp3) is 0.227. The van der Waals surface area contributed by atoms with Crippen molar-refractivity contribution in [2.24, 2.45) is 0 Å². The number of ether oxygens (including phenoxy) is 2. The molecule has 3 aromatic rings. The number of hydrogen-bond donors (Lipinski definition) is 1. The molecule has 0 aliphatic rings. The molecule has 3 rings (SSSR count). The van der Waals surface area contributed by atoms with Gasteiger partial charge < -0.3 is 19.2 Å². The second-order valence-corrected chi connectivity index (χ2v) is 6.29. The Labute approximate surface area is 163 Å². The standard InChI is InChI=1S/C22H22FNO4/c1-26-20-10-5-15(12-21(20)27-2)14-24-22(25)19(13-18-4-3-11-28-18)16-6-8-17(23)9-7-16/h3-12,19H,13-14H2,1-2H3,(H,24,25). The van der Waals surface area contributed by atoms with Crippen LogP contribution in [0.5, 0.6) is 11.5 Å². The lowest BCUT2D eigenvalue weighted by Gasteiger charge is -2.17. The maximum Gasteiger partial charge on any atom is 0.228 e. The van der Waals surface area contributed by atoms with Crippen LogP contribution in [0.2, 0.25) is 0 Å². The quantitative estimate of drug-likeness (QED) is 0.637. The molecule has 0 aliphatic carbocycles. The van der Waals surface area contributed by atoms with E-state index in [-0.39, 0.29) is 11.7 Å². The zero-order valence-corrected chi connectivity index (χ0v) is 15.8. The zero-order valence-electron chi connectivity index (χ0n) is 15.8. The number of carbonyl (C=O) groups excluding carboxylic acids is 1. The van der Waals surface area contributed by atoms with E-state index in [1.165, 1.54) is 12.1 Å². The minimum Gasteiger partial charge on any atom is -0.493 e. The highest BCUT2D eigenvalue weighted by atomic mass is 19.1. The number of benzene rings is 2. The van der Waals surface area contributed by atoms with Gasteiger partial charge in [-0.2, -0.15) is 0 Å². The smallest absolute Gasteiger partial charge is 0.228 e. The molecule has 2 aromatic carbocycles.